The highest BCUT2D eigenvalue weighted by Gasteiger charge is 2.37. The molecule has 1 saturated heterocycles. The monoisotopic (exact) mass is 447 g/mol. The lowest BCUT2D eigenvalue weighted by Gasteiger charge is -2.21. The highest BCUT2D eigenvalue weighted by atomic mass is 32.1. The molecule has 4 aromatic heterocycles. The van der Waals surface area contributed by atoms with Crippen molar-refractivity contribution in [1.29, 1.82) is 0 Å². The molecule has 0 saturated carbocycles. The third-order valence-electron chi connectivity index (χ3n) is 5.21. The Bertz CT molecular complexity index is 1260. The number of aromatic nitrogens is 4. The van der Waals surface area contributed by atoms with Gasteiger partial charge in [0.15, 0.2) is 17.0 Å². The molecule has 0 N–H and O–H groups in total. The summed E-state index contributed by atoms with van der Waals surface area (Å²) in [6.07, 6.45) is -3.21. The first-order chi connectivity index (χ1) is 14.8. The Hall–Kier alpha value is -3.21. The molecule has 1 aliphatic rings. The van der Waals surface area contributed by atoms with Crippen LogP contribution in [0, 0.1) is 6.92 Å². The van der Waals surface area contributed by atoms with Crippen LogP contribution in [0.2, 0.25) is 0 Å². The number of hydrogen-bond donors (Lipinski definition) is 0. The average molecular weight is 447 g/mol. The van der Waals surface area contributed by atoms with Crippen LogP contribution in [-0.4, -0.2) is 37.1 Å². The van der Waals surface area contributed by atoms with E-state index in [4.69, 9.17) is 4.52 Å². The Morgan fingerprint density at radius 3 is 2.81 bits per heavy atom. The summed E-state index contributed by atoms with van der Waals surface area (Å²) in [5.74, 6) is 0.168. The smallest absolute Gasteiger partial charge is 0.361 e. The molecule has 5 heterocycles. The zero-order valence-corrected chi connectivity index (χ0v) is 17.1. The van der Waals surface area contributed by atoms with Crippen molar-refractivity contribution in [3.05, 3.63) is 58.6 Å². The predicted molar refractivity (Wildman–Crippen MR) is 106 cm³/mol. The molecule has 160 valence electrons. The third-order valence-corrected chi connectivity index (χ3v) is 6.10. The van der Waals surface area contributed by atoms with E-state index in [1.54, 1.807) is 35.4 Å². The van der Waals surface area contributed by atoms with Gasteiger partial charge >= 0.3 is 6.18 Å². The summed E-state index contributed by atoms with van der Waals surface area (Å²) in [5.41, 5.74) is -0.292. The summed E-state index contributed by atoms with van der Waals surface area (Å²) in [6, 6.07) is 7.15. The largest absolute Gasteiger partial charge is 0.433 e. The number of hydrogen-bond acceptors (Lipinski definition) is 6. The lowest BCUT2D eigenvalue weighted by Crippen LogP contribution is -2.31. The molecular weight excluding hydrogens is 431 g/mol. The summed E-state index contributed by atoms with van der Waals surface area (Å²) in [4.78, 5) is 19.7. The van der Waals surface area contributed by atoms with Crippen LogP contribution < -0.4 is 0 Å². The number of fused-ring (bicyclic) bond motifs is 1. The number of nitrogens with zero attached hydrogens (tertiary/aromatic N) is 5. The molecule has 0 bridgehead atoms. The summed E-state index contributed by atoms with van der Waals surface area (Å²) in [5, 5.41) is 9.74. The average Bonchev–Trinajstić information content (AvgIpc) is 3.51. The Morgan fingerprint density at radius 1 is 1.29 bits per heavy atom. The number of amides is 1. The molecule has 1 amide bonds. The second-order valence-electron chi connectivity index (χ2n) is 7.32. The number of halogens is 3. The van der Waals surface area contributed by atoms with Gasteiger partial charge in [0.25, 0.3) is 5.91 Å². The maximum atomic E-state index is 13.7. The first-order valence-corrected chi connectivity index (χ1v) is 10.5. The minimum absolute atomic E-state index is 0.0328. The molecule has 1 aliphatic heterocycles. The quantitative estimate of drug-likeness (QED) is 0.453. The zero-order chi connectivity index (χ0) is 21.8. The summed E-state index contributed by atoms with van der Waals surface area (Å²) >= 11 is 1.29. The van der Waals surface area contributed by atoms with Crippen LogP contribution in [0.15, 0.2) is 40.2 Å². The van der Waals surface area contributed by atoms with Gasteiger partial charge in [0.2, 0.25) is 0 Å². The van der Waals surface area contributed by atoms with Crippen LogP contribution in [0.5, 0.6) is 0 Å². The highest BCUT2D eigenvalue weighted by molar-refractivity contribution is 7.13. The number of alkyl halides is 3. The van der Waals surface area contributed by atoms with E-state index < -0.39 is 17.8 Å². The summed E-state index contributed by atoms with van der Waals surface area (Å²) in [7, 11) is 0. The minimum atomic E-state index is -4.66. The summed E-state index contributed by atoms with van der Waals surface area (Å²) < 4.78 is 47.0. The SMILES string of the molecule is Cc1cc([C@@H]2CCCN2C(=O)c2cc3nc(-c4cccs4)cc(C(F)(F)F)n3n2)no1. The van der Waals surface area contributed by atoms with E-state index in [1.165, 1.54) is 17.4 Å². The molecule has 0 unspecified atom stereocenters. The molecule has 0 spiro atoms. The van der Waals surface area contributed by atoms with Crippen molar-refractivity contribution >= 4 is 22.9 Å². The number of carbonyl (C=O) groups is 1. The van der Waals surface area contributed by atoms with Gasteiger partial charge in [-0.05, 0) is 37.3 Å². The van der Waals surface area contributed by atoms with Gasteiger partial charge in [0.1, 0.15) is 11.5 Å². The van der Waals surface area contributed by atoms with Gasteiger partial charge in [-0.1, -0.05) is 11.2 Å². The predicted octanol–water partition coefficient (Wildman–Crippen LogP) is 4.75. The van der Waals surface area contributed by atoms with Gasteiger partial charge in [-0.15, -0.1) is 11.3 Å². The topological polar surface area (TPSA) is 76.5 Å². The van der Waals surface area contributed by atoms with E-state index in [1.807, 2.05) is 0 Å². The van der Waals surface area contributed by atoms with Crippen molar-refractivity contribution in [3.8, 4) is 10.6 Å². The van der Waals surface area contributed by atoms with Gasteiger partial charge in [-0.25, -0.2) is 9.50 Å². The van der Waals surface area contributed by atoms with Crippen LogP contribution in [0.4, 0.5) is 13.2 Å². The molecule has 1 atom stereocenters. The van der Waals surface area contributed by atoms with Gasteiger partial charge < -0.3 is 9.42 Å². The van der Waals surface area contributed by atoms with Crippen molar-refractivity contribution in [2.24, 2.45) is 0 Å². The van der Waals surface area contributed by atoms with Crippen LogP contribution in [0.1, 0.15) is 46.5 Å². The molecule has 0 aliphatic carbocycles. The summed E-state index contributed by atoms with van der Waals surface area (Å²) in [6.45, 7) is 2.22. The highest BCUT2D eigenvalue weighted by Crippen LogP contribution is 2.35. The lowest BCUT2D eigenvalue weighted by atomic mass is 10.1. The number of likely N-dealkylation sites (tertiary alicyclic amines) is 1. The van der Waals surface area contributed by atoms with Crippen LogP contribution in [0.25, 0.3) is 16.2 Å². The maximum absolute atomic E-state index is 13.7. The van der Waals surface area contributed by atoms with Gasteiger partial charge in [-0.3, -0.25) is 4.79 Å². The maximum Gasteiger partial charge on any atom is 0.433 e. The second-order valence-corrected chi connectivity index (χ2v) is 8.27. The fourth-order valence-corrected chi connectivity index (χ4v) is 4.52. The van der Waals surface area contributed by atoms with E-state index in [0.29, 0.717) is 33.8 Å². The van der Waals surface area contributed by atoms with Crippen molar-refractivity contribution in [2.75, 3.05) is 6.54 Å². The lowest BCUT2D eigenvalue weighted by molar-refractivity contribution is -0.142. The van der Waals surface area contributed by atoms with Crippen LogP contribution in [0.3, 0.4) is 0 Å². The Labute approximate surface area is 178 Å². The normalized spacial score (nSPS) is 17.0. The van der Waals surface area contributed by atoms with Crippen LogP contribution >= 0.6 is 11.3 Å². The minimum Gasteiger partial charge on any atom is -0.361 e. The van der Waals surface area contributed by atoms with E-state index in [9.17, 15) is 18.0 Å². The van der Waals surface area contributed by atoms with Crippen molar-refractivity contribution in [1.82, 2.24) is 24.7 Å². The van der Waals surface area contributed by atoms with E-state index in [-0.39, 0.29) is 23.1 Å². The molecule has 4 aromatic rings. The van der Waals surface area contributed by atoms with E-state index in [0.717, 1.165) is 12.5 Å². The Kier molecular flexibility index (Phi) is 4.58. The molecule has 11 heteroatoms. The number of rotatable bonds is 3. The standard InChI is InChI=1S/C20H16F3N5O2S/c1-11-8-12(26-30-11)15-4-2-6-27(15)19(29)14-10-18-24-13(16-5-3-7-31-16)9-17(20(21,22)23)28(18)25-14/h3,5,7-10,15H,2,4,6H2,1H3/t15-/m0/s1. The molecule has 0 radical (unpaired) electrons. The fourth-order valence-electron chi connectivity index (χ4n) is 3.84. The Morgan fingerprint density at radius 2 is 2.13 bits per heavy atom. The van der Waals surface area contributed by atoms with Crippen molar-refractivity contribution in [3.63, 3.8) is 0 Å². The zero-order valence-electron chi connectivity index (χ0n) is 16.3. The van der Waals surface area contributed by atoms with E-state index >= 15 is 0 Å². The molecule has 31 heavy (non-hydrogen) atoms. The van der Waals surface area contributed by atoms with Crippen LogP contribution in [-0.2, 0) is 6.18 Å². The number of thiophene rings is 1. The van der Waals surface area contributed by atoms with Gasteiger partial charge in [0.05, 0.1) is 16.6 Å². The van der Waals surface area contributed by atoms with Crippen molar-refractivity contribution < 1.29 is 22.5 Å². The number of carbonyl (C=O) groups excluding carboxylic acids is 1. The Balaban J connectivity index is 1.57. The molecule has 7 nitrogen and oxygen atoms in total. The first kappa shape index (κ1) is 19.7. The third kappa shape index (κ3) is 3.48. The molecular formula is C20H16F3N5O2S. The molecule has 1 fully saturated rings. The van der Waals surface area contributed by atoms with Gasteiger partial charge in [0, 0.05) is 18.7 Å². The number of aryl methyl sites for hydroxylation is 1. The van der Waals surface area contributed by atoms with Gasteiger partial charge in [-0.2, -0.15) is 18.3 Å². The van der Waals surface area contributed by atoms with Crippen molar-refractivity contribution in [2.45, 2.75) is 32.0 Å². The van der Waals surface area contributed by atoms with E-state index in [2.05, 4.69) is 15.2 Å². The second kappa shape index (κ2) is 7.19. The fraction of sp³-hybridized carbons (Fsp3) is 0.300. The molecule has 5 rings (SSSR count). The molecule has 0 aromatic carbocycles. The first-order valence-electron chi connectivity index (χ1n) is 9.57.